The molecule has 0 fully saturated rings. The molecule has 1 aromatic carbocycles. The number of anilines is 1. The Morgan fingerprint density at radius 3 is 2.68 bits per heavy atom. The van der Waals surface area contributed by atoms with Crippen LogP contribution in [0.3, 0.4) is 0 Å². The molecule has 0 bridgehead atoms. The molecule has 4 heteroatoms. The van der Waals surface area contributed by atoms with Crippen LogP contribution in [0.1, 0.15) is 6.92 Å². The highest BCUT2D eigenvalue weighted by molar-refractivity contribution is 5.80. The second-order valence-electron chi connectivity index (χ2n) is 4.08. The lowest BCUT2D eigenvalue weighted by atomic mass is 10.3. The number of nitrogens with one attached hydrogen (secondary N) is 2. The number of hydrogen-bond donors (Lipinski definition) is 2. The van der Waals surface area contributed by atoms with Crippen molar-refractivity contribution in [3.05, 3.63) is 30.3 Å². The van der Waals surface area contributed by atoms with Gasteiger partial charge in [0.15, 0.2) is 5.96 Å². The predicted molar refractivity (Wildman–Crippen MR) is 82.5 cm³/mol. The Labute approximate surface area is 115 Å². The first-order chi connectivity index (χ1) is 9.27. The topological polar surface area (TPSA) is 39.7 Å². The Balaban J connectivity index is 2.43. The summed E-state index contributed by atoms with van der Waals surface area (Å²) in [6.07, 6.45) is 5.22. The van der Waals surface area contributed by atoms with Crippen LogP contribution >= 0.6 is 0 Å². The van der Waals surface area contributed by atoms with Crippen LogP contribution in [0, 0.1) is 12.3 Å². The lowest BCUT2D eigenvalue weighted by Gasteiger charge is -2.18. The van der Waals surface area contributed by atoms with Crippen LogP contribution in [0.2, 0.25) is 0 Å². The third-order valence-electron chi connectivity index (χ3n) is 2.60. The molecule has 0 aliphatic heterocycles. The van der Waals surface area contributed by atoms with E-state index in [9.17, 15) is 0 Å². The van der Waals surface area contributed by atoms with Gasteiger partial charge in [-0.1, -0.05) is 24.1 Å². The highest BCUT2D eigenvalue weighted by Gasteiger charge is 1.99. The van der Waals surface area contributed by atoms with Crippen molar-refractivity contribution >= 4 is 11.6 Å². The Kier molecular flexibility index (Phi) is 6.96. The SMILES string of the molecule is C#CCNC(=NCCN(C)c1ccccc1)NCC. The first kappa shape index (κ1) is 14.9. The van der Waals surface area contributed by atoms with Gasteiger partial charge in [-0.3, -0.25) is 4.99 Å². The molecular formula is C15H22N4. The van der Waals surface area contributed by atoms with E-state index in [1.54, 1.807) is 0 Å². The lowest BCUT2D eigenvalue weighted by Crippen LogP contribution is -2.38. The molecule has 102 valence electrons. The summed E-state index contributed by atoms with van der Waals surface area (Å²) in [5, 5.41) is 6.22. The monoisotopic (exact) mass is 258 g/mol. The molecule has 1 aromatic rings. The van der Waals surface area contributed by atoms with Crippen LogP contribution in [-0.2, 0) is 0 Å². The van der Waals surface area contributed by atoms with Crippen molar-refractivity contribution in [2.45, 2.75) is 6.92 Å². The number of benzene rings is 1. The number of likely N-dealkylation sites (N-methyl/N-ethyl adjacent to an activating group) is 1. The molecule has 0 aliphatic carbocycles. The van der Waals surface area contributed by atoms with Crippen LogP contribution in [0.4, 0.5) is 5.69 Å². The zero-order chi connectivity index (χ0) is 13.9. The zero-order valence-corrected chi connectivity index (χ0v) is 11.7. The number of guanidine groups is 1. The quantitative estimate of drug-likeness (QED) is 0.459. The summed E-state index contributed by atoms with van der Waals surface area (Å²) in [4.78, 5) is 6.65. The van der Waals surface area contributed by atoms with Gasteiger partial charge in [0.1, 0.15) is 0 Å². The first-order valence-electron chi connectivity index (χ1n) is 6.49. The fraction of sp³-hybridized carbons (Fsp3) is 0.400. The van der Waals surface area contributed by atoms with Crippen molar-refractivity contribution < 1.29 is 0 Å². The van der Waals surface area contributed by atoms with Gasteiger partial charge in [-0.2, -0.15) is 0 Å². The highest BCUT2D eigenvalue weighted by atomic mass is 15.2. The largest absolute Gasteiger partial charge is 0.373 e. The van der Waals surface area contributed by atoms with E-state index in [1.165, 1.54) is 5.69 Å². The fourth-order valence-electron chi connectivity index (χ4n) is 1.60. The Morgan fingerprint density at radius 1 is 1.32 bits per heavy atom. The molecule has 0 saturated carbocycles. The summed E-state index contributed by atoms with van der Waals surface area (Å²) in [6, 6.07) is 10.3. The van der Waals surface area contributed by atoms with E-state index in [-0.39, 0.29) is 0 Å². The van der Waals surface area contributed by atoms with Crippen molar-refractivity contribution in [3.63, 3.8) is 0 Å². The summed E-state index contributed by atoms with van der Waals surface area (Å²) < 4.78 is 0. The van der Waals surface area contributed by atoms with E-state index in [4.69, 9.17) is 6.42 Å². The van der Waals surface area contributed by atoms with Gasteiger partial charge in [-0.05, 0) is 19.1 Å². The lowest BCUT2D eigenvalue weighted by molar-refractivity contribution is 0.837. The summed E-state index contributed by atoms with van der Waals surface area (Å²) >= 11 is 0. The maximum Gasteiger partial charge on any atom is 0.192 e. The molecule has 0 spiro atoms. The van der Waals surface area contributed by atoms with E-state index in [2.05, 4.69) is 45.6 Å². The smallest absolute Gasteiger partial charge is 0.192 e. The zero-order valence-electron chi connectivity index (χ0n) is 11.7. The molecule has 0 saturated heterocycles. The third-order valence-corrected chi connectivity index (χ3v) is 2.60. The molecule has 0 radical (unpaired) electrons. The number of rotatable bonds is 6. The molecule has 0 aliphatic rings. The number of aliphatic imine (C=N–C) groups is 1. The maximum absolute atomic E-state index is 5.22. The summed E-state index contributed by atoms with van der Waals surface area (Å²) in [6.45, 7) is 4.91. The Hall–Kier alpha value is -2.15. The molecule has 0 unspecified atom stereocenters. The van der Waals surface area contributed by atoms with Gasteiger partial charge >= 0.3 is 0 Å². The van der Waals surface area contributed by atoms with Crippen LogP contribution in [0.15, 0.2) is 35.3 Å². The van der Waals surface area contributed by atoms with Crippen LogP contribution in [0.25, 0.3) is 0 Å². The first-order valence-corrected chi connectivity index (χ1v) is 6.49. The summed E-state index contributed by atoms with van der Waals surface area (Å²) in [7, 11) is 2.06. The molecular weight excluding hydrogens is 236 g/mol. The summed E-state index contributed by atoms with van der Waals surface area (Å²) in [5.41, 5.74) is 1.19. The molecule has 0 atom stereocenters. The van der Waals surface area contributed by atoms with Crippen molar-refractivity contribution in [3.8, 4) is 12.3 Å². The van der Waals surface area contributed by atoms with E-state index in [0.717, 1.165) is 19.0 Å². The van der Waals surface area contributed by atoms with Gasteiger partial charge in [-0.25, -0.2) is 0 Å². The standard InChI is InChI=1S/C15H22N4/c1-4-11-17-15(16-5-2)18-12-13-19(3)14-9-7-6-8-10-14/h1,6-10H,5,11-13H2,2-3H3,(H2,16,17,18). The van der Waals surface area contributed by atoms with Crippen LogP contribution in [-0.4, -0.2) is 39.2 Å². The minimum Gasteiger partial charge on any atom is -0.373 e. The van der Waals surface area contributed by atoms with Crippen molar-refractivity contribution in [2.75, 3.05) is 38.1 Å². The van der Waals surface area contributed by atoms with Crippen molar-refractivity contribution in [1.29, 1.82) is 0 Å². The van der Waals surface area contributed by atoms with Gasteiger partial charge in [0.2, 0.25) is 0 Å². The van der Waals surface area contributed by atoms with E-state index in [1.807, 2.05) is 25.1 Å². The molecule has 4 nitrogen and oxygen atoms in total. The second kappa shape index (κ2) is 8.87. The number of para-hydroxylation sites is 1. The Bertz CT molecular complexity index is 420. The summed E-state index contributed by atoms with van der Waals surface area (Å²) in [5.74, 6) is 3.30. The predicted octanol–water partition coefficient (Wildman–Crippen LogP) is 1.31. The fourth-order valence-corrected chi connectivity index (χ4v) is 1.60. The van der Waals surface area contributed by atoms with E-state index < -0.39 is 0 Å². The third kappa shape index (κ3) is 5.82. The number of hydrogen-bond acceptors (Lipinski definition) is 2. The van der Waals surface area contributed by atoms with Crippen molar-refractivity contribution in [1.82, 2.24) is 10.6 Å². The number of nitrogens with zero attached hydrogens (tertiary/aromatic N) is 2. The average Bonchev–Trinajstić information content (AvgIpc) is 2.45. The molecule has 0 amide bonds. The minimum atomic E-state index is 0.486. The number of terminal acetylenes is 1. The van der Waals surface area contributed by atoms with E-state index in [0.29, 0.717) is 13.1 Å². The average molecular weight is 258 g/mol. The molecule has 0 aromatic heterocycles. The highest BCUT2D eigenvalue weighted by Crippen LogP contribution is 2.09. The molecule has 1 rings (SSSR count). The molecule has 2 N–H and O–H groups in total. The van der Waals surface area contributed by atoms with Gasteiger partial charge in [0.05, 0.1) is 13.1 Å². The molecule has 19 heavy (non-hydrogen) atoms. The molecule has 0 heterocycles. The van der Waals surface area contributed by atoms with Gasteiger partial charge in [0, 0.05) is 25.8 Å². The Morgan fingerprint density at radius 2 is 2.05 bits per heavy atom. The van der Waals surface area contributed by atoms with Crippen LogP contribution in [0.5, 0.6) is 0 Å². The van der Waals surface area contributed by atoms with Crippen LogP contribution < -0.4 is 15.5 Å². The minimum absolute atomic E-state index is 0.486. The van der Waals surface area contributed by atoms with Gasteiger partial charge < -0.3 is 15.5 Å². The normalized spacial score (nSPS) is 10.7. The van der Waals surface area contributed by atoms with Gasteiger partial charge in [-0.15, -0.1) is 6.42 Å². The maximum atomic E-state index is 5.22. The second-order valence-corrected chi connectivity index (χ2v) is 4.08. The van der Waals surface area contributed by atoms with Crippen molar-refractivity contribution in [2.24, 2.45) is 4.99 Å². The van der Waals surface area contributed by atoms with E-state index >= 15 is 0 Å². The van der Waals surface area contributed by atoms with Gasteiger partial charge in [0.25, 0.3) is 0 Å².